The standard InChI is InChI=1S/C22H17ClFN3/c23-16-9-5-15(6-10-16)21-13-19(14-7-11-17(24)12-8-14)26-22-25-18-3-1-2-4-20(18)27(21)22/h1-12,19,21H,13H2,(H,25,26)/t19-,21+/m0/s1. The second-order valence-electron chi connectivity index (χ2n) is 6.85. The Hall–Kier alpha value is -2.85. The monoisotopic (exact) mass is 377 g/mol. The van der Waals surface area contributed by atoms with Gasteiger partial charge in [-0.3, -0.25) is 0 Å². The lowest BCUT2D eigenvalue weighted by Gasteiger charge is -2.33. The van der Waals surface area contributed by atoms with Gasteiger partial charge in [-0.15, -0.1) is 0 Å². The van der Waals surface area contributed by atoms with Gasteiger partial charge in [-0.25, -0.2) is 9.37 Å². The van der Waals surface area contributed by atoms with Crippen LogP contribution in [0.25, 0.3) is 11.0 Å². The molecule has 0 saturated carbocycles. The minimum absolute atomic E-state index is 0.0515. The van der Waals surface area contributed by atoms with E-state index in [2.05, 4.69) is 28.1 Å². The van der Waals surface area contributed by atoms with Crippen molar-refractivity contribution in [1.82, 2.24) is 9.55 Å². The maximum Gasteiger partial charge on any atom is 0.204 e. The van der Waals surface area contributed by atoms with Gasteiger partial charge in [-0.2, -0.15) is 0 Å². The highest BCUT2D eigenvalue weighted by molar-refractivity contribution is 6.30. The van der Waals surface area contributed by atoms with Crippen molar-refractivity contribution < 1.29 is 4.39 Å². The molecule has 5 heteroatoms. The topological polar surface area (TPSA) is 29.9 Å². The minimum atomic E-state index is -0.226. The third-order valence-electron chi connectivity index (χ3n) is 5.20. The number of imidazole rings is 1. The van der Waals surface area contributed by atoms with Crippen LogP contribution in [0, 0.1) is 5.82 Å². The van der Waals surface area contributed by atoms with Crippen molar-refractivity contribution in [1.29, 1.82) is 0 Å². The van der Waals surface area contributed by atoms with Gasteiger partial charge in [0.05, 0.1) is 23.1 Å². The molecule has 0 aliphatic carbocycles. The first kappa shape index (κ1) is 16.3. The third kappa shape index (κ3) is 2.86. The van der Waals surface area contributed by atoms with Crippen molar-refractivity contribution in [3.05, 3.63) is 94.8 Å². The predicted molar refractivity (Wildman–Crippen MR) is 107 cm³/mol. The zero-order chi connectivity index (χ0) is 18.4. The quantitative estimate of drug-likeness (QED) is 0.466. The number of fused-ring (bicyclic) bond motifs is 3. The molecule has 0 amide bonds. The van der Waals surface area contributed by atoms with Crippen LogP contribution in [0.15, 0.2) is 72.8 Å². The van der Waals surface area contributed by atoms with Crippen LogP contribution in [0.3, 0.4) is 0 Å². The summed E-state index contributed by atoms with van der Waals surface area (Å²) in [7, 11) is 0. The highest BCUT2D eigenvalue weighted by Crippen LogP contribution is 2.41. The van der Waals surface area contributed by atoms with Gasteiger partial charge in [0, 0.05) is 5.02 Å². The fraction of sp³-hybridized carbons (Fsp3) is 0.136. The summed E-state index contributed by atoms with van der Waals surface area (Å²) < 4.78 is 15.6. The number of rotatable bonds is 2. The van der Waals surface area contributed by atoms with Crippen molar-refractivity contribution in [3.63, 3.8) is 0 Å². The lowest BCUT2D eigenvalue weighted by atomic mass is 9.93. The summed E-state index contributed by atoms with van der Waals surface area (Å²) >= 11 is 6.10. The molecule has 1 aliphatic heterocycles. The van der Waals surface area contributed by atoms with E-state index in [4.69, 9.17) is 16.6 Å². The largest absolute Gasteiger partial charge is 0.349 e. The fourth-order valence-corrected chi connectivity index (χ4v) is 4.02. The minimum Gasteiger partial charge on any atom is -0.349 e. The number of aromatic nitrogens is 2. The first-order chi connectivity index (χ1) is 13.2. The van der Waals surface area contributed by atoms with E-state index in [0.717, 1.165) is 34.0 Å². The molecule has 1 N–H and O–H groups in total. The molecule has 4 aromatic rings. The summed E-state index contributed by atoms with van der Waals surface area (Å²) in [5.74, 6) is 0.604. The van der Waals surface area contributed by atoms with Gasteiger partial charge in [0.2, 0.25) is 5.95 Å². The Labute approximate surface area is 161 Å². The molecule has 0 saturated heterocycles. The zero-order valence-electron chi connectivity index (χ0n) is 14.4. The van der Waals surface area contributed by atoms with Crippen LogP contribution in [-0.4, -0.2) is 9.55 Å². The number of hydrogen-bond acceptors (Lipinski definition) is 2. The number of benzene rings is 3. The van der Waals surface area contributed by atoms with Crippen molar-refractivity contribution in [2.45, 2.75) is 18.5 Å². The van der Waals surface area contributed by atoms with E-state index in [0.29, 0.717) is 0 Å². The molecular formula is C22H17ClFN3. The van der Waals surface area contributed by atoms with Crippen molar-refractivity contribution in [2.75, 3.05) is 5.32 Å². The van der Waals surface area contributed by atoms with Crippen LogP contribution in [0.5, 0.6) is 0 Å². The lowest BCUT2D eigenvalue weighted by Crippen LogP contribution is -2.27. The Morgan fingerprint density at radius 2 is 1.63 bits per heavy atom. The number of anilines is 1. The Morgan fingerprint density at radius 1 is 0.926 bits per heavy atom. The van der Waals surface area contributed by atoms with Crippen LogP contribution in [0.4, 0.5) is 10.3 Å². The van der Waals surface area contributed by atoms with E-state index in [-0.39, 0.29) is 17.9 Å². The maximum absolute atomic E-state index is 13.4. The van der Waals surface area contributed by atoms with E-state index in [1.54, 1.807) is 0 Å². The molecule has 0 bridgehead atoms. The van der Waals surface area contributed by atoms with Gasteiger partial charge in [0.25, 0.3) is 0 Å². The van der Waals surface area contributed by atoms with E-state index >= 15 is 0 Å². The van der Waals surface area contributed by atoms with E-state index in [9.17, 15) is 4.39 Å². The fourth-order valence-electron chi connectivity index (χ4n) is 3.89. The van der Waals surface area contributed by atoms with Crippen molar-refractivity contribution in [3.8, 4) is 0 Å². The van der Waals surface area contributed by atoms with Gasteiger partial charge in [-0.1, -0.05) is 48.0 Å². The van der Waals surface area contributed by atoms with Gasteiger partial charge >= 0.3 is 0 Å². The Morgan fingerprint density at radius 3 is 2.41 bits per heavy atom. The highest BCUT2D eigenvalue weighted by atomic mass is 35.5. The molecule has 1 aromatic heterocycles. The third-order valence-corrected chi connectivity index (χ3v) is 5.45. The first-order valence-electron chi connectivity index (χ1n) is 8.93. The molecule has 0 spiro atoms. The number of nitrogens with one attached hydrogen (secondary N) is 1. The van der Waals surface area contributed by atoms with Crippen LogP contribution in [0.1, 0.15) is 29.6 Å². The molecule has 2 atom stereocenters. The molecular weight excluding hydrogens is 361 g/mol. The summed E-state index contributed by atoms with van der Waals surface area (Å²) in [6.45, 7) is 0. The molecule has 0 fully saturated rings. The van der Waals surface area contributed by atoms with E-state index in [1.165, 1.54) is 17.7 Å². The van der Waals surface area contributed by atoms with Crippen molar-refractivity contribution >= 4 is 28.6 Å². The summed E-state index contributed by atoms with van der Waals surface area (Å²) in [6.07, 6.45) is 0.834. The predicted octanol–water partition coefficient (Wildman–Crippen LogP) is 5.98. The van der Waals surface area contributed by atoms with E-state index in [1.807, 2.05) is 42.5 Å². The molecule has 0 unspecified atom stereocenters. The molecule has 5 rings (SSSR count). The highest BCUT2D eigenvalue weighted by Gasteiger charge is 2.30. The average molecular weight is 378 g/mol. The summed E-state index contributed by atoms with van der Waals surface area (Å²) in [5.41, 5.74) is 4.28. The molecule has 134 valence electrons. The van der Waals surface area contributed by atoms with Crippen LogP contribution in [0.2, 0.25) is 5.02 Å². The van der Waals surface area contributed by atoms with Gasteiger partial charge in [0.15, 0.2) is 0 Å². The number of para-hydroxylation sites is 2. The Balaban J connectivity index is 1.65. The molecule has 3 aromatic carbocycles. The Bertz CT molecular complexity index is 1100. The maximum atomic E-state index is 13.4. The van der Waals surface area contributed by atoms with Gasteiger partial charge in [0.1, 0.15) is 5.82 Å². The van der Waals surface area contributed by atoms with Crippen LogP contribution < -0.4 is 5.32 Å². The number of hydrogen-bond donors (Lipinski definition) is 1. The summed E-state index contributed by atoms with van der Waals surface area (Å²) in [5, 5.41) is 4.26. The average Bonchev–Trinajstić information content (AvgIpc) is 3.07. The number of halogens is 2. The first-order valence-corrected chi connectivity index (χ1v) is 9.31. The van der Waals surface area contributed by atoms with Crippen molar-refractivity contribution in [2.24, 2.45) is 0 Å². The lowest BCUT2D eigenvalue weighted by molar-refractivity contribution is 0.477. The van der Waals surface area contributed by atoms with Crippen LogP contribution >= 0.6 is 11.6 Å². The van der Waals surface area contributed by atoms with Gasteiger partial charge < -0.3 is 9.88 Å². The molecule has 3 nitrogen and oxygen atoms in total. The second kappa shape index (κ2) is 6.39. The normalized spacial score (nSPS) is 18.9. The molecule has 1 aliphatic rings. The summed E-state index contributed by atoms with van der Waals surface area (Å²) in [6, 6.07) is 23.0. The molecule has 27 heavy (non-hydrogen) atoms. The molecule has 2 heterocycles. The van der Waals surface area contributed by atoms with Gasteiger partial charge in [-0.05, 0) is 53.9 Å². The zero-order valence-corrected chi connectivity index (χ0v) is 15.2. The van der Waals surface area contributed by atoms with Crippen LogP contribution in [-0.2, 0) is 0 Å². The SMILES string of the molecule is Fc1ccc([C@@H]2C[C@H](c3ccc(Cl)cc3)n3c(nc4ccccc43)N2)cc1. The number of nitrogens with zero attached hydrogens (tertiary/aromatic N) is 2. The Kier molecular flexibility index (Phi) is 3.87. The summed E-state index contributed by atoms with van der Waals surface area (Å²) in [4.78, 5) is 4.79. The second-order valence-corrected chi connectivity index (χ2v) is 7.28. The smallest absolute Gasteiger partial charge is 0.204 e. The molecule has 0 radical (unpaired) electrons. The van der Waals surface area contributed by atoms with E-state index < -0.39 is 0 Å².